The molecule has 3 aromatic heterocycles. The molecule has 5 heteroatoms. The monoisotopic (exact) mass is 766 g/mol. The molecule has 4 nitrogen and oxygen atoms in total. The summed E-state index contributed by atoms with van der Waals surface area (Å²) in [6, 6.07) is 45.4. The van der Waals surface area contributed by atoms with Gasteiger partial charge in [-0.2, -0.15) is 0 Å². The Morgan fingerprint density at radius 3 is 1.86 bits per heavy atom. The van der Waals surface area contributed by atoms with E-state index in [1.807, 2.05) is 0 Å². The van der Waals surface area contributed by atoms with Gasteiger partial charge in [-0.05, 0) is 98.0 Å². The molecule has 7 aromatic carbocycles. The molecule has 12 rings (SSSR count). The van der Waals surface area contributed by atoms with Crippen molar-refractivity contribution in [2.24, 2.45) is 0 Å². The van der Waals surface area contributed by atoms with Crippen LogP contribution in [0.4, 0.5) is 11.4 Å². The smallest absolute Gasteiger partial charge is 0.333 e. The Hall–Kier alpha value is -6.20. The van der Waals surface area contributed by atoms with Crippen LogP contribution in [-0.2, 0) is 16.2 Å². The Morgan fingerprint density at radius 2 is 1.12 bits per heavy atom. The molecule has 0 spiro atoms. The Balaban J connectivity index is 1.33. The lowest BCUT2D eigenvalue weighted by atomic mass is 9.43. The summed E-state index contributed by atoms with van der Waals surface area (Å²) in [5.74, 6) is 0. The van der Waals surface area contributed by atoms with Gasteiger partial charge in [0.1, 0.15) is 16.7 Å². The van der Waals surface area contributed by atoms with Crippen LogP contribution in [0.3, 0.4) is 0 Å². The van der Waals surface area contributed by atoms with Crippen molar-refractivity contribution in [2.45, 2.75) is 78.6 Å². The first-order valence-electron chi connectivity index (χ1n) is 21.1. The maximum atomic E-state index is 6.93. The number of hydrogen-bond donors (Lipinski definition) is 0. The molecule has 59 heavy (non-hydrogen) atoms. The lowest BCUT2D eigenvalue weighted by Crippen LogP contribution is -2.61. The zero-order chi connectivity index (χ0) is 40.5. The Labute approximate surface area is 345 Å². The topological polar surface area (TPSA) is 34.5 Å². The Morgan fingerprint density at radius 1 is 0.475 bits per heavy atom. The van der Waals surface area contributed by atoms with Crippen LogP contribution in [0.15, 0.2) is 130 Å². The molecule has 288 valence electrons. The van der Waals surface area contributed by atoms with Crippen molar-refractivity contribution >= 4 is 94.8 Å². The Bertz CT molecular complexity index is 3460. The lowest BCUT2D eigenvalue weighted by molar-refractivity contribution is 0.590. The summed E-state index contributed by atoms with van der Waals surface area (Å²) in [7, 11) is 0. The molecule has 2 aliphatic heterocycles. The molecule has 0 fully saturated rings. The summed E-state index contributed by atoms with van der Waals surface area (Å²) >= 11 is 0. The van der Waals surface area contributed by atoms with E-state index in [1.165, 1.54) is 77.3 Å². The van der Waals surface area contributed by atoms with E-state index in [0.717, 1.165) is 44.2 Å². The minimum Gasteiger partial charge on any atom is -0.456 e. The van der Waals surface area contributed by atoms with Crippen LogP contribution in [0, 0.1) is 0 Å². The number of fused-ring (bicyclic) bond motifs is 14. The summed E-state index contributed by atoms with van der Waals surface area (Å²) < 4.78 is 16.4. The number of furan rings is 2. The van der Waals surface area contributed by atoms with Crippen LogP contribution in [-0.4, -0.2) is 11.4 Å². The standard InChI is InChI=1S/C54H47BN2O2/c1-52(2,3)30-21-23-40-36(25-30)37-27-32(54(7,8)9)28-39-50(37)56(40)43-29-46-47(35-16-11-13-20-45(35)58-46)48-38-26-31(53(4,5)6)22-24-41(38)57(55(39)49(43)48)42-18-14-17-34-33-15-10-12-19-44(33)59-51(34)42/h10-29H,1-9H3. The van der Waals surface area contributed by atoms with E-state index in [-0.39, 0.29) is 23.1 Å². The van der Waals surface area contributed by atoms with E-state index in [1.54, 1.807) is 0 Å². The van der Waals surface area contributed by atoms with Gasteiger partial charge in [0, 0.05) is 55.3 Å². The van der Waals surface area contributed by atoms with Gasteiger partial charge in [0.15, 0.2) is 5.58 Å². The highest BCUT2D eigenvalue weighted by atomic mass is 16.3. The number of hydrogen-bond acceptors (Lipinski definition) is 3. The van der Waals surface area contributed by atoms with Crippen LogP contribution >= 0.6 is 0 Å². The fourth-order valence-corrected chi connectivity index (χ4v) is 10.3. The van der Waals surface area contributed by atoms with Crippen LogP contribution in [0.25, 0.3) is 82.5 Å². The van der Waals surface area contributed by atoms with Gasteiger partial charge in [-0.1, -0.05) is 129 Å². The Kier molecular flexibility index (Phi) is 6.66. The molecule has 0 aliphatic carbocycles. The van der Waals surface area contributed by atoms with Gasteiger partial charge in [0.05, 0.1) is 16.7 Å². The van der Waals surface area contributed by atoms with E-state index >= 15 is 0 Å². The molecule has 5 heterocycles. The molecule has 0 bridgehead atoms. The second-order valence-electron chi connectivity index (χ2n) is 20.2. The minimum absolute atomic E-state index is 0.00129. The fourth-order valence-electron chi connectivity index (χ4n) is 10.3. The maximum absolute atomic E-state index is 6.93. The molecule has 2 aliphatic rings. The van der Waals surface area contributed by atoms with Crippen molar-refractivity contribution in [3.63, 3.8) is 0 Å². The predicted molar refractivity (Wildman–Crippen MR) is 250 cm³/mol. The summed E-state index contributed by atoms with van der Waals surface area (Å²) in [5, 5.41) is 7.16. The summed E-state index contributed by atoms with van der Waals surface area (Å²) in [6.45, 7) is 20.8. The van der Waals surface area contributed by atoms with E-state index in [0.29, 0.717) is 0 Å². The van der Waals surface area contributed by atoms with Crippen molar-refractivity contribution < 1.29 is 8.83 Å². The quantitative estimate of drug-likeness (QED) is 0.156. The first-order chi connectivity index (χ1) is 28.2. The van der Waals surface area contributed by atoms with Crippen LogP contribution < -0.4 is 15.7 Å². The van der Waals surface area contributed by atoms with Crippen molar-refractivity contribution in [1.29, 1.82) is 0 Å². The molecule has 10 aromatic rings. The van der Waals surface area contributed by atoms with Gasteiger partial charge in [-0.25, -0.2) is 0 Å². The summed E-state index contributed by atoms with van der Waals surface area (Å²) in [6.07, 6.45) is 0. The van der Waals surface area contributed by atoms with Crippen molar-refractivity contribution in [2.75, 3.05) is 4.81 Å². The van der Waals surface area contributed by atoms with Crippen molar-refractivity contribution in [3.05, 3.63) is 138 Å². The number of anilines is 2. The van der Waals surface area contributed by atoms with Gasteiger partial charge in [0.2, 0.25) is 0 Å². The van der Waals surface area contributed by atoms with E-state index in [9.17, 15) is 0 Å². The SMILES string of the molecule is CC(C)(C)c1ccc2c(c1)-c1c3c(cc4oc5ccccc5c14)-n1c4ccc(C(C)(C)C)cc4c4cc(C(C)(C)C)cc(c41)B3N2c1cccc2c1oc1ccccc12. The molecular weight excluding hydrogens is 719 g/mol. The summed E-state index contributed by atoms with van der Waals surface area (Å²) in [4.78, 5) is 2.62. The van der Waals surface area contributed by atoms with Gasteiger partial charge < -0.3 is 18.2 Å². The van der Waals surface area contributed by atoms with Gasteiger partial charge >= 0.3 is 6.85 Å². The van der Waals surface area contributed by atoms with Crippen LogP contribution in [0.2, 0.25) is 0 Å². The summed E-state index contributed by atoms with van der Waals surface area (Å²) in [5.41, 5.74) is 18.4. The fraction of sp³-hybridized carbons (Fsp3) is 0.222. The zero-order valence-corrected chi connectivity index (χ0v) is 35.3. The second kappa shape index (κ2) is 11.3. The molecule has 0 atom stereocenters. The highest BCUT2D eigenvalue weighted by Gasteiger charge is 2.46. The highest BCUT2D eigenvalue weighted by molar-refractivity contribution is 6.94. The van der Waals surface area contributed by atoms with E-state index in [4.69, 9.17) is 8.83 Å². The normalized spacial score (nSPS) is 14.1. The molecule has 0 radical (unpaired) electrons. The van der Waals surface area contributed by atoms with E-state index in [2.05, 4.69) is 193 Å². The van der Waals surface area contributed by atoms with Gasteiger partial charge in [-0.15, -0.1) is 0 Å². The molecule has 0 saturated carbocycles. The number of aromatic nitrogens is 1. The van der Waals surface area contributed by atoms with Crippen molar-refractivity contribution in [3.8, 4) is 16.8 Å². The zero-order valence-electron chi connectivity index (χ0n) is 35.3. The largest absolute Gasteiger partial charge is 0.456 e. The van der Waals surface area contributed by atoms with Gasteiger partial charge in [0.25, 0.3) is 0 Å². The number of benzene rings is 7. The minimum atomic E-state index is -0.173. The predicted octanol–water partition coefficient (Wildman–Crippen LogP) is 13.7. The molecule has 0 unspecified atom stereocenters. The average Bonchev–Trinajstić information content (AvgIpc) is 3.88. The van der Waals surface area contributed by atoms with E-state index < -0.39 is 0 Å². The number of rotatable bonds is 1. The molecule has 0 amide bonds. The maximum Gasteiger partial charge on any atom is 0.333 e. The highest BCUT2D eigenvalue weighted by Crippen LogP contribution is 2.51. The van der Waals surface area contributed by atoms with Gasteiger partial charge in [-0.3, -0.25) is 0 Å². The lowest BCUT2D eigenvalue weighted by Gasteiger charge is -2.43. The molecule has 0 saturated heterocycles. The average molecular weight is 767 g/mol. The van der Waals surface area contributed by atoms with Crippen LogP contribution in [0.5, 0.6) is 0 Å². The number of para-hydroxylation sites is 3. The van der Waals surface area contributed by atoms with Crippen LogP contribution in [0.1, 0.15) is 79.0 Å². The third kappa shape index (κ3) is 4.67. The first kappa shape index (κ1) is 34.8. The molecule has 0 N–H and O–H groups in total. The third-order valence-electron chi connectivity index (χ3n) is 13.4. The number of nitrogens with zero attached hydrogens (tertiary/aromatic N) is 2. The first-order valence-corrected chi connectivity index (χ1v) is 21.1. The molecular formula is C54H47BN2O2. The second-order valence-corrected chi connectivity index (χ2v) is 20.2. The third-order valence-corrected chi connectivity index (χ3v) is 13.4. The van der Waals surface area contributed by atoms with Crippen molar-refractivity contribution in [1.82, 2.24) is 4.57 Å².